The molecule has 1 amide bonds. The molecule has 0 aromatic carbocycles. The van der Waals surface area contributed by atoms with Gasteiger partial charge in [0, 0.05) is 5.92 Å². The van der Waals surface area contributed by atoms with Crippen molar-refractivity contribution in [2.75, 3.05) is 18.5 Å². The molecule has 0 spiro atoms. The molecule has 0 atom stereocenters. The third kappa shape index (κ3) is 4.60. The highest BCUT2D eigenvalue weighted by atomic mass is 32.1. The van der Waals surface area contributed by atoms with E-state index in [1.54, 1.807) is 13.8 Å². The maximum absolute atomic E-state index is 12.3. The molecule has 0 aliphatic heterocycles. The number of esters is 2. The lowest BCUT2D eigenvalue weighted by molar-refractivity contribution is -0.122. The van der Waals surface area contributed by atoms with Gasteiger partial charge in [-0.25, -0.2) is 9.59 Å². The molecule has 6 nitrogen and oxygen atoms in total. The minimum absolute atomic E-state index is 0.0196. The van der Waals surface area contributed by atoms with Crippen molar-refractivity contribution in [1.82, 2.24) is 0 Å². The Labute approximate surface area is 151 Å². The van der Waals surface area contributed by atoms with Gasteiger partial charge >= 0.3 is 11.9 Å². The molecule has 2 rings (SSSR count). The number of ether oxygens (including phenoxy) is 2. The molecule has 7 heteroatoms. The van der Waals surface area contributed by atoms with E-state index < -0.39 is 11.9 Å². The van der Waals surface area contributed by atoms with Crippen LogP contribution in [-0.4, -0.2) is 31.1 Å². The predicted octanol–water partition coefficient (Wildman–Crippen LogP) is 3.78. The minimum Gasteiger partial charge on any atom is -0.462 e. The van der Waals surface area contributed by atoms with Crippen molar-refractivity contribution in [3.63, 3.8) is 0 Å². The van der Waals surface area contributed by atoms with Gasteiger partial charge in [0.2, 0.25) is 5.91 Å². The highest BCUT2D eigenvalue weighted by molar-refractivity contribution is 7.18. The highest BCUT2D eigenvalue weighted by Crippen LogP contribution is 2.36. The van der Waals surface area contributed by atoms with Crippen molar-refractivity contribution < 1.29 is 23.9 Å². The number of carbonyl (C=O) groups excluding carboxylic acids is 3. The molecule has 1 heterocycles. The van der Waals surface area contributed by atoms with Crippen LogP contribution in [0, 0.1) is 18.8 Å². The zero-order chi connectivity index (χ0) is 18.6. The van der Waals surface area contributed by atoms with Crippen LogP contribution < -0.4 is 5.32 Å². The second-order valence-electron chi connectivity index (χ2n) is 6.59. The van der Waals surface area contributed by atoms with E-state index in [9.17, 15) is 14.4 Å². The normalized spacial score (nSPS) is 14.1. The summed E-state index contributed by atoms with van der Waals surface area (Å²) in [5, 5.41) is 3.17. The topological polar surface area (TPSA) is 81.7 Å². The monoisotopic (exact) mass is 367 g/mol. The van der Waals surface area contributed by atoms with Gasteiger partial charge in [-0.1, -0.05) is 20.3 Å². The van der Waals surface area contributed by atoms with E-state index in [0.29, 0.717) is 22.0 Å². The smallest absolute Gasteiger partial charge is 0.348 e. The fourth-order valence-corrected chi connectivity index (χ4v) is 3.53. The predicted molar refractivity (Wildman–Crippen MR) is 96.1 cm³/mol. The van der Waals surface area contributed by atoms with Gasteiger partial charge in [-0.3, -0.25) is 4.79 Å². The Bertz CT molecular complexity index is 661. The molecule has 1 saturated carbocycles. The van der Waals surface area contributed by atoms with Gasteiger partial charge in [0.05, 0.1) is 18.8 Å². The molecule has 1 aliphatic rings. The second-order valence-corrected chi connectivity index (χ2v) is 7.61. The molecule has 0 saturated heterocycles. The first kappa shape index (κ1) is 19.4. The van der Waals surface area contributed by atoms with Gasteiger partial charge in [-0.15, -0.1) is 11.3 Å². The summed E-state index contributed by atoms with van der Waals surface area (Å²) in [6.45, 7) is 7.80. The number of amides is 1. The lowest BCUT2D eigenvalue weighted by atomic mass is 9.85. The average molecular weight is 367 g/mol. The fraction of sp³-hybridized carbons (Fsp3) is 0.611. The molecular formula is C18H25NO5S. The first-order chi connectivity index (χ1) is 11.8. The Morgan fingerprint density at radius 3 is 2.40 bits per heavy atom. The number of rotatable bonds is 7. The summed E-state index contributed by atoms with van der Waals surface area (Å²) in [6, 6.07) is 0. The fourth-order valence-electron chi connectivity index (χ4n) is 2.44. The molecular weight excluding hydrogens is 342 g/mol. The second kappa shape index (κ2) is 8.47. The first-order valence-electron chi connectivity index (χ1n) is 8.63. The van der Waals surface area contributed by atoms with E-state index in [4.69, 9.17) is 9.47 Å². The summed E-state index contributed by atoms with van der Waals surface area (Å²) >= 11 is 1.07. The van der Waals surface area contributed by atoms with Crippen molar-refractivity contribution in [2.45, 2.75) is 47.0 Å². The Balaban J connectivity index is 2.28. The number of carbonyl (C=O) groups is 3. The highest BCUT2D eigenvalue weighted by Gasteiger charge is 2.30. The molecule has 0 bridgehead atoms. The number of hydrogen-bond acceptors (Lipinski definition) is 6. The average Bonchev–Trinajstić information content (AvgIpc) is 2.79. The standard InChI is InChI=1S/C18H25NO5S/c1-5-23-17(21)13-11(4)14(18(22)24-9-10(2)3)25-16(13)19-15(20)12-7-6-8-12/h10,12H,5-9H2,1-4H3,(H,19,20). The van der Waals surface area contributed by atoms with Gasteiger partial charge in [0.25, 0.3) is 0 Å². The van der Waals surface area contributed by atoms with Crippen LogP contribution in [-0.2, 0) is 14.3 Å². The molecule has 25 heavy (non-hydrogen) atoms. The molecule has 1 aromatic heterocycles. The van der Waals surface area contributed by atoms with E-state index in [0.717, 1.165) is 30.6 Å². The number of hydrogen-bond donors (Lipinski definition) is 1. The largest absolute Gasteiger partial charge is 0.462 e. The zero-order valence-corrected chi connectivity index (χ0v) is 16.0. The maximum Gasteiger partial charge on any atom is 0.348 e. The first-order valence-corrected chi connectivity index (χ1v) is 9.45. The molecule has 1 aromatic rings. The SMILES string of the molecule is CCOC(=O)c1c(NC(=O)C2CCC2)sc(C(=O)OCC(C)C)c1C. The van der Waals surface area contributed by atoms with Crippen LogP contribution in [0.4, 0.5) is 5.00 Å². The van der Waals surface area contributed by atoms with Crippen LogP contribution in [0.25, 0.3) is 0 Å². The van der Waals surface area contributed by atoms with Gasteiger partial charge < -0.3 is 14.8 Å². The Morgan fingerprint density at radius 2 is 1.88 bits per heavy atom. The van der Waals surface area contributed by atoms with Crippen LogP contribution in [0.1, 0.15) is 65.6 Å². The summed E-state index contributed by atoms with van der Waals surface area (Å²) in [5.41, 5.74) is 0.733. The van der Waals surface area contributed by atoms with Crippen molar-refractivity contribution in [3.8, 4) is 0 Å². The Morgan fingerprint density at radius 1 is 1.20 bits per heavy atom. The van der Waals surface area contributed by atoms with E-state index in [1.807, 2.05) is 13.8 Å². The van der Waals surface area contributed by atoms with E-state index in [1.165, 1.54) is 0 Å². The third-order valence-corrected chi connectivity index (χ3v) is 5.26. The van der Waals surface area contributed by atoms with Gasteiger partial charge in [-0.05, 0) is 38.2 Å². The van der Waals surface area contributed by atoms with Crippen molar-refractivity contribution in [2.24, 2.45) is 11.8 Å². The van der Waals surface area contributed by atoms with Crippen molar-refractivity contribution in [3.05, 3.63) is 16.0 Å². The lowest BCUT2D eigenvalue weighted by Gasteiger charge is -2.23. The maximum atomic E-state index is 12.3. The molecule has 1 aliphatic carbocycles. The number of anilines is 1. The lowest BCUT2D eigenvalue weighted by Crippen LogP contribution is -2.28. The van der Waals surface area contributed by atoms with Gasteiger partial charge in [0.15, 0.2) is 0 Å². The van der Waals surface area contributed by atoms with E-state index >= 15 is 0 Å². The van der Waals surface area contributed by atoms with Crippen molar-refractivity contribution in [1.29, 1.82) is 0 Å². The number of thiophene rings is 1. The van der Waals surface area contributed by atoms with Crippen molar-refractivity contribution >= 4 is 34.2 Å². The van der Waals surface area contributed by atoms with Gasteiger partial charge in [0.1, 0.15) is 9.88 Å². The molecule has 0 radical (unpaired) electrons. The zero-order valence-electron chi connectivity index (χ0n) is 15.1. The van der Waals surface area contributed by atoms with Gasteiger partial charge in [-0.2, -0.15) is 0 Å². The van der Waals surface area contributed by atoms with Crippen LogP contribution in [0.5, 0.6) is 0 Å². The minimum atomic E-state index is -0.539. The molecule has 1 fully saturated rings. The summed E-state index contributed by atoms with van der Waals surface area (Å²) in [5.74, 6) is -0.936. The van der Waals surface area contributed by atoms with Crippen LogP contribution in [0.15, 0.2) is 0 Å². The Hall–Kier alpha value is -1.89. The molecule has 138 valence electrons. The van der Waals surface area contributed by atoms with Crippen LogP contribution in [0.3, 0.4) is 0 Å². The van der Waals surface area contributed by atoms with Crippen LogP contribution >= 0.6 is 11.3 Å². The summed E-state index contributed by atoms with van der Waals surface area (Å²) in [4.78, 5) is 37.2. The molecule has 0 unspecified atom stereocenters. The summed E-state index contributed by atoms with van der Waals surface area (Å²) < 4.78 is 10.4. The van der Waals surface area contributed by atoms with Crippen LogP contribution in [0.2, 0.25) is 0 Å². The molecule has 1 N–H and O–H groups in total. The third-order valence-electron chi connectivity index (χ3n) is 4.07. The summed E-state index contributed by atoms with van der Waals surface area (Å²) in [7, 11) is 0. The Kier molecular flexibility index (Phi) is 6.58. The summed E-state index contributed by atoms with van der Waals surface area (Å²) in [6.07, 6.45) is 2.75. The van der Waals surface area contributed by atoms with E-state index in [-0.39, 0.29) is 29.9 Å². The number of nitrogens with one attached hydrogen (secondary N) is 1. The quantitative estimate of drug-likeness (QED) is 0.742. The van der Waals surface area contributed by atoms with E-state index in [2.05, 4.69) is 5.32 Å².